The van der Waals surface area contributed by atoms with Crippen LogP contribution in [0.2, 0.25) is 0 Å². The first-order valence-corrected chi connectivity index (χ1v) is 11.1. The van der Waals surface area contributed by atoms with Gasteiger partial charge in [-0.1, -0.05) is 34.1 Å². The summed E-state index contributed by atoms with van der Waals surface area (Å²) in [7, 11) is 0. The Bertz CT molecular complexity index is 810. The van der Waals surface area contributed by atoms with Crippen molar-refractivity contribution < 1.29 is 9.52 Å². The van der Waals surface area contributed by atoms with Crippen LogP contribution in [0.3, 0.4) is 0 Å². The van der Waals surface area contributed by atoms with E-state index in [1.807, 2.05) is 6.20 Å². The van der Waals surface area contributed by atoms with E-state index in [1.54, 1.807) is 0 Å². The maximum absolute atomic E-state index is 10.0. The average molecular weight is 386 g/mol. The highest BCUT2D eigenvalue weighted by atomic mass is 16.3. The fraction of sp³-hybridized carbons (Fsp3) is 0.739. The van der Waals surface area contributed by atoms with Crippen molar-refractivity contribution in [3.8, 4) is 0 Å². The third-order valence-corrected chi connectivity index (χ3v) is 6.37. The Labute approximate surface area is 168 Å². The zero-order valence-corrected chi connectivity index (χ0v) is 17.7. The minimum atomic E-state index is 0.130. The first kappa shape index (κ1) is 19.8. The smallest absolute Gasteiger partial charge is 0.245 e. The molecule has 1 aliphatic heterocycles. The lowest BCUT2D eigenvalue weighted by Crippen LogP contribution is -2.40. The monoisotopic (exact) mass is 385 g/mol. The van der Waals surface area contributed by atoms with Crippen LogP contribution in [0.25, 0.3) is 11.2 Å². The molecular formula is C23H35N3O2. The van der Waals surface area contributed by atoms with Crippen LogP contribution < -0.4 is 5.32 Å². The summed E-state index contributed by atoms with van der Waals surface area (Å²) in [5, 5.41) is 13.7. The van der Waals surface area contributed by atoms with E-state index in [0.29, 0.717) is 29.4 Å². The Hall–Kier alpha value is -1.46. The summed E-state index contributed by atoms with van der Waals surface area (Å²) in [6, 6.07) is 0.279. The zero-order valence-electron chi connectivity index (χ0n) is 17.7. The molecule has 0 aromatic carbocycles. The maximum atomic E-state index is 10.0. The van der Waals surface area contributed by atoms with Crippen molar-refractivity contribution in [3.05, 3.63) is 23.2 Å². The van der Waals surface area contributed by atoms with Gasteiger partial charge in [-0.2, -0.15) is 0 Å². The van der Waals surface area contributed by atoms with Gasteiger partial charge in [-0.3, -0.25) is 0 Å². The molecule has 28 heavy (non-hydrogen) atoms. The van der Waals surface area contributed by atoms with Gasteiger partial charge in [-0.15, -0.1) is 0 Å². The van der Waals surface area contributed by atoms with E-state index in [9.17, 15) is 5.11 Å². The van der Waals surface area contributed by atoms with Gasteiger partial charge in [0.25, 0.3) is 0 Å². The number of furan rings is 1. The predicted octanol–water partition coefficient (Wildman–Crippen LogP) is 5.06. The van der Waals surface area contributed by atoms with E-state index in [1.165, 1.54) is 24.8 Å². The van der Waals surface area contributed by atoms with Crippen molar-refractivity contribution in [2.75, 3.05) is 6.61 Å². The number of aliphatic hydroxyl groups is 1. The standard InChI is InChI=1S/C23H35N3O2/c1-13(2)10-16-6-5-7-17(25-19(16)12-27)18-11-24-23-21(26-18)20(15-8-9-15)22(28-23)14(3)4/h11,13-17,19,25,27H,5-10,12H2,1-4H3/t16-,17?,19-/m0/s1. The van der Waals surface area contributed by atoms with E-state index >= 15 is 0 Å². The molecule has 0 spiro atoms. The topological polar surface area (TPSA) is 71.2 Å². The molecule has 4 rings (SSSR count). The molecule has 3 heterocycles. The van der Waals surface area contributed by atoms with Crippen LogP contribution >= 0.6 is 0 Å². The molecule has 0 amide bonds. The number of aliphatic hydroxyl groups excluding tert-OH is 1. The van der Waals surface area contributed by atoms with Gasteiger partial charge in [-0.05, 0) is 49.9 Å². The summed E-state index contributed by atoms with van der Waals surface area (Å²) in [5.74, 6) is 3.17. The van der Waals surface area contributed by atoms with Gasteiger partial charge in [0.15, 0.2) is 0 Å². The Morgan fingerprint density at radius 3 is 2.61 bits per heavy atom. The van der Waals surface area contributed by atoms with Crippen LogP contribution in [0, 0.1) is 11.8 Å². The van der Waals surface area contributed by atoms with Crippen LogP contribution in [0.4, 0.5) is 0 Å². The molecular weight excluding hydrogens is 350 g/mol. The molecule has 1 unspecified atom stereocenters. The molecule has 2 aromatic rings. The molecule has 5 nitrogen and oxygen atoms in total. The zero-order chi connectivity index (χ0) is 19.8. The van der Waals surface area contributed by atoms with E-state index in [4.69, 9.17) is 9.40 Å². The molecule has 1 saturated carbocycles. The number of hydrogen-bond acceptors (Lipinski definition) is 5. The molecule has 1 saturated heterocycles. The van der Waals surface area contributed by atoms with E-state index in [-0.39, 0.29) is 18.7 Å². The summed E-state index contributed by atoms with van der Waals surface area (Å²) >= 11 is 0. The fourth-order valence-corrected chi connectivity index (χ4v) is 4.87. The lowest BCUT2D eigenvalue weighted by molar-refractivity contribution is 0.178. The molecule has 2 aromatic heterocycles. The van der Waals surface area contributed by atoms with Crippen LogP contribution in [-0.4, -0.2) is 27.7 Å². The summed E-state index contributed by atoms with van der Waals surface area (Å²) in [6.45, 7) is 9.07. The Kier molecular flexibility index (Phi) is 5.75. The second-order valence-corrected chi connectivity index (χ2v) is 9.59. The minimum Gasteiger partial charge on any atom is -0.441 e. The van der Waals surface area contributed by atoms with E-state index < -0.39 is 0 Å². The van der Waals surface area contributed by atoms with Crippen LogP contribution in [-0.2, 0) is 0 Å². The lowest BCUT2D eigenvalue weighted by Gasteiger charge is -2.27. The van der Waals surface area contributed by atoms with Crippen LogP contribution in [0.15, 0.2) is 10.6 Å². The number of nitrogens with one attached hydrogen (secondary N) is 1. The second-order valence-electron chi connectivity index (χ2n) is 9.59. The Morgan fingerprint density at radius 2 is 1.96 bits per heavy atom. The molecule has 3 atom stereocenters. The van der Waals surface area contributed by atoms with Crippen molar-refractivity contribution in [3.63, 3.8) is 0 Å². The van der Waals surface area contributed by atoms with Crippen molar-refractivity contribution in [1.82, 2.24) is 15.3 Å². The van der Waals surface area contributed by atoms with Crippen LogP contribution in [0.5, 0.6) is 0 Å². The highest BCUT2D eigenvalue weighted by Crippen LogP contribution is 2.47. The van der Waals surface area contributed by atoms with Gasteiger partial charge < -0.3 is 14.8 Å². The van der Waals surface area contributed by atoms with Crippen molar-refractivity contribution in [1.29, 1.82) is 0 Å². The maximum Gasteiger partial charge on any atom is 0.245 e. The van der Waals surface area contributed by atoms with Gasteiger partial charge >= 0.3 is 0 Å². The molecule has 2 N–H and O–H groups in total. The van der Waals surface area contributed by atoms with Gasteiger partial charge in [0.2, 0.25) is 5.71 Å². The predicted molar refractivity (Wildman–Crippen MR) is 111 cm³/mol. The lowest BCUT2D eigenvalue weighted by atomic mass is 9.88. The average Bonchev–Trinajstić information content (AvgIpc) is 3.45. The minimum absolute atomic E-state index is 0.130. The van der Waals surface area contributed by atoms with Crippen molar-refractivity contribution in [2.45, 2.75) is 90.1 Å². The van der Waals surface area contributed by atoms with E-state index in [0.717, 1.165) is 36.2 Å². The summed E-state index contributed by atoms with van der Waals surface area (Å²) < 4.78 is 6.10. The van der Waals surface area contributed by atoms with Gasteiger partial charge in [0, 0.05) is 17.5 Å². The molecule has 0 radical (unpaired) electrons. The van der Waals surface area contributed by atoms with Gasteiger partial charge in [-0.25, -0.2) is 9.97 Å². The summed E-state index contributed by atoms with van der Waals surface area (Å²) in [6.07, 6.45) is 8.85. The third kappa shape index (κ3) is 3.97. The normalized spacial score (nSPS) is 26.3. The summed E-state index contributed by atoms with van der Waals surface area (Å²) in [4.78, 5) is 9.71. The summed E-state index contributed by atoms with van der Waals surface area (Å²) in [5.41, 5.74) is 3.94. The quantitative estimate of drug-likeness (QED) is 0.727. The number of fused-ring (bicyclic) bond motifs is 1. The largest absolute Gasteiger partial charge is 0.441 e. The van der Waals surface area contributed by atoms with Gasteiger partial charge in [0.1, 0.15) is 11.3 Å². The fourth-order valence-electron chi connectivity index (χ4n) is 4.87. The number of aromatic nitrogens is 2. The molecule has 154 valence electrons. The van der Waals surface area contributed by atoms with Crippen LogP contribution in [0.1, 0.15) is 101 Å². The van der Waals surface area contributed by atoms with Gasteiger partial charge in [0.05, 0.1) is 24.5 Å². The number of rotatable bonds is 6. The first-order valence-electron chi connectivity index (χ1n) is 11.1. The Balaban J connectivity index is 1.64. The molecule has 0 bridgehead atoms. The molecule has 1 aliphatic carbocycles. The number of nitrogens with zero attached hydrogens (tertiary/aromatic N) is 2. The first-order chi connectivity index (χ1) is 13.5. The Morgan fingerprint density at radius 1 is 1.18 bits per heavy atom. The second kappa shape index (κ2) is 8.11. The molecule has 5 heteroatoms. The third-order valence-electron chi connectivity index (χ3n) is 6.37. The van der Waals surface area contributed by atoms with E-state index in [2.05, 4.69) is 38.0 Å². The van der Waals surface area contributed by atoms with Crippen molar-refractivity contribution in [2.24, 2.45) is 11.8 Å². The molecule has 2 aliphatic rings. The SMILES string of the molecule is CC(C)C[C@@H]1CCCC(c2cnc3oc(C(C)C)c(C4CC4)c3n2)N[C@H]1CO. The highest BCUT2D eigenvalue weighted by molar-refractivity contribution is 5.76. The molecule has 2 fully saturated rings. The highest BCUT2D eigenvalue weighted by Gasteiger charge is 2.34. The number of hydrogen-bond donors (Lipinski definition) is 2. The van der Waals surface area contributed by atoms with Crippen molar-refractivity contribution >= 4 is 11.2 Å².